The number of nitrogens with zero attached hydrogens (tertiary/aromatic N) is 2. The Balaban J connectivity index is 2.80. The van der Waals surface area contributed by atoms with Gasteiger partial charge in [0, 0.05) is 19.0 Å². The molecule has 1 rings (SSSR count). The van der Waals surface area contributed by atoms with Gasteiger partial charge in [0.25, 0.3) is 0 Å². The standard InChI is InChI=1S/C10H11Cl2N3OS/c1-6(16)13-5-3-4-7-8(11)14-10(17-2)15-9(7)12/h3-4H,5H2,1-2H3,(H,13,16). The summed E-state index contributed by atoms with van der Waals surface area (Å²) in [6, 6.07) is 0. The minimum absolute atomic E-state index is 0.0965. The molecule has 1 aromatic rings. The maximum absolute atomic E-state index is 10.6. The van der Waals surface area contributed by atoms with Gasteiger partial charge in [-0.15, -0.1) is 0 Å². The number of carbonyl (C=O) groups excluding carboxylic acids is 1. The molecule has 0 aliphatic rings. The first-order valence-electron chi connectivity index (χ1n) is 4.72. The molecule has 1 aromatic heterocycles. The Morgan fingerprint density at radius 1 is 1.41 bits per heavy atom. The summed E-state index contributed by atoms with van der Waals surface area (Å²) in [6.45, 7) is 1.86. The van der Waals surface area contributed by atoms with E-state index >= 15 is 0 Å². The summed E-state index contributed by atoms with van der Waals surface area (Å²) < 4.78 is 0. The lowest BCUT2D eigenvalue weighted by molar-refractivity contribution is -0.118. The van der Waals surface area contributed by atoms with Crippen LogP contribution in [0.25, 0.3) is 6.08 Å². The van der Waals surface area contributed by atoms with Crippen molar-refractivity contribution < 1.29 is 4.79 Å². The second-order valence-electron chi connectivity index (χ2n) is 3.05. The summed E-state index contributed by atoms with van der Waals surface area (Å²) in [6.07, 6.45) is 5.26. The van der Waals surface area contributed by atoms with E-state index in [1.54, 1.807) is 12.2 Å². The van der Waals surface area contributed by atoms with E-state index in [0.717, 1.165) is 0 Å². The average Bonchev–Trinajstić information content (AvgIpc) is 2.26. The Morgan fingerprint density at radius 3 is 2.47 bits per heavy atom. The number of aromatic nitrogens is 2. The summed E-state index contributed by atoms with van der Waals surface area (Å²) in [5.41, 5.74) is 0.552. The van der Waals surface area contributed by atoms with Gasteiger partial charge >= 0.3 is 0 Å². The van der Waals surface area contributed by atoms with Crippen LogP contribution in [0.4, 0.5) is 0 Å². The Kier molecular flexibility index (Phi) is 5.74. The summed E-state index contributed by atoms with van der Waals surface area (Å²) in [5.74, 6) is -0.0965. The predicted molar refractivity (Wildman–Crippen MR) is 71.6 cm³/mol. The quantitative estimate of drug-likeness (QED) is 0.526. The Labute approximate surface area is 114 Å². The lowest BCUT2D eigenvalue weighted by Gasteiger charge is -2.03. The van der Waals surface area contributed by atoms with E-state index in [2.05, 4.69) is 15.3 Å². The molecule has 0 fully saturated rings. The molecule has 0 radical (unpaired) electrons. The van der Waals surface area contributed by atoms with Crippen LogP contribution in [0.3, 0.4) is 0 Å². The van der Waals surface area contributed by atoms with Crippen LogP contribution in [0, 0.1) is 0 Å². The molecule has 0 bridgehead atoms. The van der Waals surface area contributed by atoms with Gasteiger partial charge in [0.05, 0.1) is 0 Å². The fourth-order valence-corrected chi connectivity index (χ4v) is 1.99. The maximum Gasteiger partial charge on any atom is 0.217 e. The van der Waals surface area contributed by atoms with Crippen LogP contribution in [-0.4, -0.2) is 28.7 Å². The SMILES string of the molecule is CSc1nc(Cl)c(C=CCNC(C)=O)c(Cl)n1. The molecule has 1 N–H and O–H groups in total. The molecule has 0 aliphatic carbocycles. The molecule has 0 saturated heterocycles. The molecule has 0 spiro atoms. The third-order valence-corrected chi connectivity index (χ3v) is 2.89. The van der Waals surface area contributed by atoms with Crippen molar-refractivity contribution in [3.8, 4) is 0 Å². The van der Waals surface area contributed by atoms with Gasteiger partial charge in [-0.3, -0.25) is 4.79 Å². The lowest BCUT2D eigenvalue weighted by atomic mass is 10.3. The van der Waals surface area contributed by atoms with Crippen LogP contribution >= 0.6 is 35.0 Å². The van der Waals surface area contributed by atoms with Crippen molar-refractivity contribution in [2.45, 2.75) is 12.1 Å². The molecule has 0 atom stereocenters. The Bertz CT molecular complexity index is 428. The number of hydrogen-bond acceptors (Lipinski definition) is 4. The molecule has 0 unspecified atom stereocenters. The van der Waals surface area contributed by atoms with Crippen molar-refractivity contribution in [3.63, 3.8) is 0 Å². The number of carbonyl (C=O) groups is 1. The molecular weight excluding hydrogens is 281 g/mol. The van der Waals surface area contributed by atoms with Crippen LogP contribution in [0.2, 0.25) is 10.3 Å². The van der Waals surface area contributed by atoms with E-state index in [1.165, 1.54) is 18.7 Å². The average molecular weight is 292 g/mol. The van der Waals surface area contributed by atoms with E-state index in [-0.39, 0.29) is 5.91 Å². The summed E-state index contributed by atoms with van der Waals surface area (Å²) in [4.78, 5) is 18.8. The van der Waals surface area contributed by atoms with Gasteiger partial charge in [-0.05, 0) is 6.26 Å². The first kappa shape index (κ1) is 14.3. The minimum atomic E-state index is -0.0965. The van der Waals surface area contributed by atoms with Crippen molar-refractivity contribution in [1.82, 2.24) is 15.3 Å². The van der Waals surface area contributed by atoms with Gasteiger partial charge in [-0.2, -0.15) is 0 Å². The fourth-order valence-electron chi connectivity index (χ4n) is 1.01. The highest BCUT2D eigenvalue weighted by molar-refractivity contribution is 7.98. The highest BCUT2D eigenvalue weighted by Gasteiger charge is 2.08. The number of hydrogen-bond donors (Lipinski definition) is 1. The number of rotatable bonds is 4. The fraction of sp³-hybridized carbons (Fsp3) is 0.300. The smallest absolute Gasteiger partial charge is 0.217 e. The van der Waals surface area contributed by atoms with Gasteiger partial charge in [0.15, 0.2) is 5.16 Å². The normalized spacial score (nSPS) is 10.8. The van der Waals surface area contributed by atoms with Crippen LogP contribution in [0.5, 0.6) is 0 Å². The van der Waals surface area contributed by atoms with Gasteiger partial charge in [0.1, 0.15) is 10.3 Å². The summed E-state index contributed by atoms with van der Waals surface area (Å²) in [5, 5.41) is 3.75. The highest BCUT2D eigenvalue weighted by Crippen LogP contribution is 2.25. The number of nitrogens with one attached hydrogen (secondary N) is 1. The predicted octanol–water partition coefficient (Wildman–Crippen LogP) is 2.65. The zero-order chi connectivity index (χ0) is 12.8. The van der Waals surface area contributed by atoms with E-state index in [9.17, 15) is 4.79 Å². The molecule has 0 aliphatic heterocycles. The number of thioether (sulfide) groups is 1. The maximum atomic E-state index is 10.6. The molecule has 4 nitrogen and oxygen atoms in total. The lowest BCUT2D eigenvalue weighted by Crippen LogP contribution is -2.19. The largest absolute Gasteiger partial charge is 0.353 e. The summed E-state index contributed by atoms with van der Waals surface area (Å²) >= 11 is 13.3. The molecule has 0 aromatic carbocycles. The van der Waals surface area contributed by atoms with Gasteiger partial charge in [-0.25, -0.2) is 9.97 Å². The molecule has 1 amide bonds. The molecule has 92 valence electrons. The van der Waals surface area contributed by atoms with Crippen molar-refractivity contribution in [1.29, 1.82) is 0 Å². The van der Waals surface area contributed by atoms with Crippen LogP contribution < -0.4 is 5.32 Å². The second-order valence-corrected chi connectivity index (χ2v) is 4.53. The molecule has 17 heavy (non-hydrogen) atoms. The van der Waals surface area contributed by atoms with Gasteiger partial charge in [-0.1, -0.05) is 47.1 Å². The first-order chi connectivity index (χ1) is 8.04. The van der Waals surface area contributed by atoms with E-state index in [0.29, 0.717) is 27.6 Å². The topological polar surface area (TPSA) is 54.9 Å². The molecule has 0 saturated carbocycles. The van der Waals surface area contributed by atoms with E-state index < -0.39 is 0 Å². The van der Waals surface area contributed by atoms with Crippen LogP contribution in [-0.2, 0) is 4.79 Å². The van der Waals surface area contributed by atoms with Crippen LogP contribution in [0.15, 0.2) is 11.2 Å². The first-order valence-corrected chi connectivity index (χ1v) is 6.70. The molecular formula is C10H11Cl2N3OS. The minimum Gasteiger partial charge on any atom is -0.353 e. The zero-order valence-corrected chi connectivity index (χ0v) is 11.7. The van der Waals surface area contributed by atoms with Crippen molar-refractivity contribution >= 4 is 46.9 Å². The number of halogens is 2. The van der Waals surface area contributed by atoms with Crippen molar-refractivity contribution in [3.05, 3.63) is 21.9 Å². The Morgan fingerprint density at radius 2 is 2.00 bits per heavy atom. The third-order valence-electron chi connectivity index (χ3n) is 1.77. The third kappa shape index (κ3) is 4.53. The van der Waals surface area contributed by atoms with Gasteiger partial charge < -0.3 is 5.32 Å². The Hall–Kier alpha value is -0.780. The zero-order valence-electron chi connectivity index (χ0n) is 9.33. The van der Waals surface area contributed by atoms with E-state index in [1.807, 2.05) is 6.26 Å². The van der Waals surface area contributed by atoms with Crippen molar-refractivity contribution in [2.75, 3.05) is 12.8 Å². The van der Waals surface area contributed by atoms with Gasteiger partial charge in [0.2, 0.25) is 5.91 Å². The molecule has 7 heteroatoms. The monoisotopic (exact) mass is 291 g/mol. The summed E-state index contributed by atoms with van der Waals surface area (Å²) in [7, 11) is 0. The van der Waals surface area contributed by atoms with Crippen molar-refractivity contribution in [2.24, 2.45) is 0 Å². The van der Waals surface area contributed by atoms with E-state index in [4.69, 9.17) is 23.2 Å². The number of amides is 1. The molecule has 1 heterocycles. The van der Waals surface area contributed by atoms with Crippen LogP contribution in [0.1, 0.15) is 12.5 Å². The second kappa shape index (κ2) is 6.83. The highest BCUT2D eigenvalue weighted by atomic mass is 35.5.